The van der Waals surface area contributed by atoms with Gasteiger partial charge in [-0.05, 0) is 94.0 Å². The zero-order chi connectivity index (χ0) is 27.6. The van der Waals surface area contributed by atoms with Crippen LogP contribution in [-0.2, 0) is 19.1 Å². The first kappa shape index (κ1) is 27.3. The van der Waals surface area contributed by atoms with Crippen LogP contribution in [0.3, 0.4) is 0 Å². The second-order valence-electron chi connectivity index (χ2n) is 14.5. The average Bonchev–Trinajstić information content (AvgIpc) is 3.43. The lowest BCUT2D eigenvalue weighted by Gasteiger charge is -2.70. The zero-order valence-corrected chi connectivity index (χ0v) is 24.5. The van der Waals surface area contributed by atoms with Crippen LogP contribution < -0.4 is 0 Å². The Hall–Kier alpha value is -1.93. The highest BCUT2D eigenvalue weighted by molar-refractivity contribution is 5.98. The number of ether oxygens (including phenoxy) is 1. The van der Waals surface area contributed by atoms with Crippen LogP contribution in [0.1, 0.15) is 91.9 Å². The first-order valence-electron chi connectivity index (χ1n) is 15.8. The number of allylic oxidation sites excluding steroid dienone is 2. The van der Waals surface area contributed by atoms with Crippen molar-refractivity contribution in [3.05, 3.63) is 11.6 Å². The molecule has 0 aromatic heterocycles. The first-order valence-corrected chi connectivity index (χ1v) is 15.8. The Morgan fingerprint density at radius 2 is 1.77 bits per heavy atom. The molecule has 8 atom stereocenters. The molecule has 2 bridgehead atoms. The van der Waals surface area contributed by atoms with E-state index < -0.39 is 5.41 Å². The van der Waals surface area contributed by atoms with Crippen LogP contribution in [0.25, 0.3) is 0 Å². The molecule has 0 aromatic rings. The van der Waals surface area contributed by atoms with Crippen molar-refractivity contribution in [2.24, 2.45) is 51.8 Å². The lowest BCUT2D eigenvalue weighted by molar-refractivity contribution is -0.202. The number of rotatable bonds is 4. The Labute approximate surface area is 234 Å². The fourth-order valence-corrected chi connectivity index (χ4v) is 10.8. The molecule has 1 heterocycles. The molecular weight excluding hydrogens is 486 g/mol. The van der Waals surface area contributed by atoms with E-state index in [0.717, 1.165) is 58.2 Å². The van der Waals surface area contributed by atoms with E-state index in [1.165, 1.54) is 18.4 Å². The second kappa shape index (κ2) is 9.86. The normalized spacial score (nSPS) is 43.2. The van der Waals surface area contributed by atoms with E-state index in [2.05, 4.69) is 50.5 Å². The third kappa shape index (κ3) is 4.10. The molecule has 0 aromatic carbocycles. The van der Waals surface area contributed by atoms with E-state index in [4.69, 9.17) is 4.74 Å². The number of hydrogen-bond acceptors (Lipinski definition) is 5. The molecule has 4 saturated carbocycles. The summed E-state index contributed by atoms with van der Waals surface area (Å²) in [5, 5.41) is 0. The molecule has 5 nitrogen and oxygen atoms in total. The van der Waals surface area contributed by atoms with Crippen molar-refractivity contribution in [2.75, 3.05) is 26.2 Å². The zero-order valence-electron chi connectivity index (χ0n) is 24.5. The fourth-order valence-electron chi connectivity index (χ4n) is 10.8. The third-order valence-electron chi connectivity index (χ3n) is 12.4. The minimum atomic E-state index is -0.529. The second-order valence-corrected chi connectivity index (χ2v) is 14.5. The SMILES string of the molecule is CC(C)C1=CC23CCC4C(C)(C(=O)OCC#CCN5CCCC5)CCCC4(C)C2CC1C1C(=O)CCC(=O)C13. The van der Waals surface area contributed by atoms with Gasteiger partial charge in [-0.3, -0.25) is 19.3 Å². The summed E-state index contributed by atoms with van der Waals surface area (Å²) in [6.45, 7) is 12.2. The molecule has 0 N–H and O–H groups in total. The number of esters is 1. The maximum Gasteiger partial charge on any atom is 0.313 e. The van der Waals surface area contributed by atoms with E-state index in [1.54, 1.807) is 0 Å². The highest BCUT2D eigenvalue weighted by atomic mass is 16.5. The molecule has 212 valence electrons. The molecular formula is C34H47NO4. The van der Waals surface area contributed by atoms with Gasteiger partial charge in [-0.15, -0.1) is 0 Å². The minimum Gasteiger partial charge on any atom is -0.452 e. The molecule has 39 heavy (non-hydrogen) atoms. The van der Waals surface area contributed by atoms with E-state index in [-0.39, 0.29) is 47.1 Å². The number of hydrogen-bond donors (Lipinski definition) is 0. The maximum absolute atomic E-state index is 13.7. The van der Waals surface area contributed by atoms with Crippen LogP contribution in [0, 0.1) is 63.6 Å². The van der Waals surface area contributed by atoms with Crippen molar-refractivity contribution in [1.82, 2.24) is 4.90 Å². The van der Waals surface area contributed by atoms with Gasteiger partial charge in [0.2, 0.25) is 0 Å². The van der Waals surface area contributed by atoms with Crippen molar-refractivity contribution in [3.63, 3.8) is 0 Å². The Bertz CT molecular complexity index is 1140. The predicted octanol–water partition coefficient (Wildman–Crippen LogP) is 5.62. The molecule has 1 saturated heterocycles. The number of fused-ring (bicyclic) bond motifs is 1. The smallest absolute Gasteiger partial charge is 0.313 e. The van der Waals surface area contributed by atoms with Gasteiger partial charge in [0.05, 0.1) is 12.0 Å². The van der Waals surface area contributed by atoms with Crippen LogP contribution in [0.4, 0.5) is 0 Å². The fraction of sp³-hybridized carbons (Fsp3) is 0.794. The summed E-state index contributed by atoms with van der Waals surface area (Å²) in [7, 11) is 0. The van der Waals surface area contributed by atoms with Crippen molar-refractivity contribution < 1.29 is 19.1 Å². The van der Waals surface area contributed by atoms with Crippen molar-refractivity contribution in [2.45, 2.75) is 91.9 Å². The van der Waals surface area contributed by atoms with Gasteiger partial charge < -0.3 is 4.74 Å². The predicted molar refractivity (Wildman–Crippen MR) is 150 cm³/mol. The Morgan fingerprint density at radius 3 is 2.51 bits per heavy atom. The molecule has 7 aliphatic rings. The largest absolute Gasteiger partial charge is 0.452 e. The van der Waals surface area contributed by atoms with Crippen molar-refractivity contribution >= 4 is 17.5 Å². The van der Waals surface area contributed by atoms with Gasteiger partial charge in [-0.1, -0.05) is 50.7 Å². The summed E-state index contributed by atoms with van der Waals surface area (Å²) in [5.41, 5.74) is 0.608. The molecule has 0 radical (unpaired) electrons. The third-order valence-corrected chi connectivity index (χ3v) is 12.4. The Kier molecular flexibility index (Phi) is 6.89. The van der Waals surface area contributed by atoms with Crippen LogP contribution in [-0.4, -0.2) is 48.7 Å². The van der Waals surface area contributed by atoms with Gasteiger partial charge in [0.15, 0.2) is 6.61 Å². The molecule has 1 aliphatic heterocycles. The van der Waals surface area contributed by atoms with E-state index in [1.807, 2.05) is 0 Å². The summed E-state index contributed by atoms with van der Waals surface area (Å²) in [4.78, 5) is 43.0. The monoisotopic (exact) mass is 533 g/mol. The lowest BCUT2D eigenvalue weighted by Crippen LogP contribution is -2.67. The highest BCUT2D eigenvalue weighted by Gasteiger charge is 2.70. The quantitative estimate of drug-likeness (QED) is 0.267. The van der Waals surface area contributed by atoms with Gasteiger partial charge in [-0.25, -0.2) is 0 Å². The van der Waals surface area contributed by atoms with Crippen molar-refractivity contribution in [3.8, 4) is 11.8 Å². The molecule has 6 aliphatic carbocycles. The maximum atomic E-state index is 13.7. The van der Waals surface area contributed by atoms with Crippen LogP contribution >= 0.6 is 0 Å². The first-order chi connectivity index (χ1) is 18.6. The lowest BCUT2D eigenvalue weighted by atomic mass is 9.33. The number of nitrogens with zero attached hydrogens (tertiary/aromatic N) is 1. The van der Waals surface area contributed by atoms with Crippen molar-refractivity contribution in [1.29, 1.82) is 0 Å². The molecule has 7 rings (SSSR count). The number of Topliss-reactive ketones (excluding diaryl/α,β-unsaturated/α-hetero) is 2. The number of ketones is 2. The number of carbonyl (C=O) groups excluding carboxylic acids is 3. The molecule has 8 unspecified atom stereocenters. The van der Waals surface area contributed by atoms with Crippen LogP contribution in [0.2, 0.25) is 0 Å². The van der Waals surface area contributed by atoms with Gasteiger partial charge in [0.25, 0.3) is 0 Å². The number of carbonyl (C=O) groups is 3. The summed E-state index contributed by atoms with van der Waals surface area (Å²) < 4.78 is 5.86. The van der Waals surface area contributed by atoms with Gasteiger partial charge in [-0.2, -0.15) is 0 Å². The van der Waals surface area contributed by atoms with Gasteiger partial charge in [0.1, 0.15) is 11.6 Å². The van der Waals surface area contributed by atoms with Crippen LogP contribution in [0.15, 0.2) is 11.6 Å². The standard InChI is InChI=1S/C34H47NO4/c1-22(2)24-21-34-15-12-27-32(3,28(34)20-23(24)29-25(36)10-11-26(37)30(29)34)13-9-14-33(27,4)31(38)39-19-8-7-18-35-16-5-6-17-35/h21-23,27-30H,5-6,9-20H2,1-4H3. The summed E-state index contributed by atoms with van der Waals surface area (Å²) in [5.74, 6) is 7.69. The minimum absolute atomic E-state index is 0.0469. The van der Waals surface area contributed by atoms with E-state index in [0.29, 0.717) is 36.2 Å². The summed E-state index contributed by atoms with van der Waals surface area (Å²) in [6.07, 6.45) is 11.6. The summed E-state index contributed by atoms with van der Waals surface area (Å²) >= 11 is 0. The van der Waals surface area contributed by atoms with Gasteiger partial charge in [0, 0.05) is 30.1 Å². The molecule has 5 heteroatoms. The Balaban J connectivity index is 1.26. The molecule has 1 spiro atoms. The average molecular weight is 534 g/mol. The number of likely N-dealkylation sites (tertiary alicyclic amines) is 1. The van der Waals surface area contributed by atoms with Gasteiger partial charge >= 0.3 is 5.97 Å². The van der Waals surface area contributed by atoms with E-state index >= 15 is 0 Å². The van der Waals surface area contributed by atoms with Crippen LogP contribution in [0.5, 0.6) is 0 Å². The molecule has 0 amide bonds. The Morgan fingerprint density at radius 1 is 1.03 bits per heavy atom. The topological polar surface area (TPSA) is 63.7 Å². The summed E-state index contributed by atoms with van der Waals surface area (Å²) in [6, 6.07) is 0. The highest BCUT2D eigenvalue weighted by Crippen LogP contribution is 2.74. The van der Waals surface area contributed by atoms with E-state index in [9.17, 15) is 14.4 Å². The molecule has 5 fully saturated rings.